The fraction of sp³-hybridized carbons (Fsp3) is 0.176. The molecule has 23 heavy (non-hydrogen) atoms. The third-order valence-electron chi connectivity index (χ3n) is 3.53. The van der Waals surface area contributed by atoms with Gasteiger partial charge in [-0.25, -0.2) is 4.98 Å². The van der Waals surface area contributed by atoms with Gasteiger partial charge in [0.05, 0.1) is 16.8 Å². The predicted molar refractivity (Wildman–Crippen MR) is 98.9 cm³/mol. The van der Waals surface area contributed by atoms with E-state index in [1.54, 1.807) is 0 Å². The minimum Gasteiger partial charge on any atom is -0.325 e. The topological polar surface area (TPSA) is 46.9 Å². The summed E-state index contributed by atoms with van der Waals surface area (Å²) in [4.78, 5) is 16.7. The molecule has 3 aromatic rings. The van der Waals surface area contributed by atoms with Gasteiger partial charge in [0.1, 0.15) is 0 Å². The number of para-hydroxylation sites is 2. The number of fused-ring (bicyclic) bond motifs is 1. The minimum absolute atomic E-state index is 0.0437. The zero-order valence-corrected chi connectivity index (χ0v) is 15.2. The molecule has 0 saturated carbocycles. The summed E-state index contributed by atoms with van der Waals surface area (Å²) >= 11 is 4.91. The van der Waals surface area contributed by atoms with Crippen molar-refractivity contribution in [2.75, 3.05) is 11.1 Å². The zero-order valence-electron chi connectivity index (χ0n) is 12.8. The Morgan fingerprint density at radius 3 is 2.83 bits per heavy atom. The van der Waals surface area contributed by atoms with Crippen molar-refractivity contribution in [1.82, 2.24) is 9.55 Å². The van der Waals surface area contributed by atoms with Gasteiger partial charge < -0.3 is 9.88 Å². The maximum atomic E-state index is 12.1. The molecule has 0 aliphatic carbocycles. The molecule has 0 atom stereocenters. The highest BCUT2D eigenvalue weighted by molar-refractivity contribution is 9.10. The second-order valence-corrected chi connectivity index (χ2v) is 7.04. The van der Waals surface area contributed by atoms with Crippen molar-refractivity contribution in [3.63, 3.8) is 0 Å². The van der Waals surface area contributed by atoms with Gasteiger partial charge in [-0.3, -0.25) is 4.79 Å². The highest BCUT2D eigenvalue weighted by atomic mass is 79.9. The standard InChI is InChI=1S/C17H16BrN3OS/c1-11-7-8-12(9-13(11)18)19-16(22)10-23-17-20-14-5-3-4-6-15(14)21(17)2/h3-9H,10H2,1-2H3,(H,19,22). The van der Waals surface area contributed by atoms with Crippen LogP contribution >= 0.6 is 27.7 Å². The molecule has 0 aliphatic heterocycles. The van der Waals surface area contributed by atoms with E-state index in [1.165, 1.54) is 11.8 Å². The number of amides is 1. The van der Waals surface area contributed by atoms with Crippen molar-refractivity contribution in [3.05, 3.63) is 52.5 Å². The number of benzene rings is 2. The third-order valence-corrected chi connectivity index (χ3v) is 5.42. The van der Waals surface area contributed by atoms with Crippen LogP contribution in [0.2, 0.25) is 0 Å². The molecule has 118 valence electrons. The van der Waals surface area contributed by atoms with E-state index in [0.717, 1.165) is 31.9 Å². The Labute approximate surface area is 147 Å². The molecule has 1 aromatic heterocycles. The first-order valence-electron chi connectivity index (χ1n) is 7.15. The Morgan fingerprint density at radius 2 is 2.09 bits per heavy atom. The van der Waals surface area contributed by atoms with Gasteiger partial charge in [0.2, 0.25) is 5.91 Å². The van der Waals surface area contributed by atoms with Crippen LogP contribution in [0.25, 0.3) is 11.0 Å². The van der Waals surface area contributed by atoms with Gasteiger partial charge in [0.15, 0.2) is 5.16 Å². The minimum atomic E-state index is -0.0437. The molecular weight excluding hydrogens is 374 g/mol. The highest BCUT2D eigenvalue weighted by Crippen LogP contribution is 2.24. The Balaban J connectivity index is 1.66. The summed E-state index contributed by atoms with van der Waals surface area (Å²) in [7, 11) is 1.96. The summed E-state index contributed by atoms with van der Waals surface area (Å²) in [6.07, 6.45) is 0. The number of rotatable bonds is 4. The van der Waals surface area contributed by atoms with Crippen LogP contribution in [-0.4, -0.2) is 21.2 Å². The van der Waals surface area contributed by atoms with E-state index in [4.69, 9.17) is 0 Å². The lowest BCUT2D eigenvalue weighted by Crippen LogP contribution is -2.14. The van der Waals surface area contributed by atoms with Crippen molar-refractivity contribution in [3.8, 4) is 0 Å². The molecule has 0 spiro atoms. The average Bonchev–Trinajstić information content (AvgIpc) is 2.86. The molecular formula is C17H16BrN3OS. The molecule has 0 radical (unpaired) electrons. The zero-order chi connectivity index (χ0) is 16.4. The van der Waals surface area contributed by atoms with Crippen molar-refractivity contribution < 1.29 is 4.79 Å². The second-order valence-electron chi connectivity index (χ2n) is 5.24. The number of hydrogen-bond donors (Lipinski definition) is 1. The molecule has 1 heterocycles. The molecule has 0 fully saturated rings. The van der Waals surface area contributed by atoms with Crippen LogP contribution in [0, 0.1) is 6.92 Å². The fourth-order valence-corrected chi connectivity index (χ4v) is 3.42. The summed E-state index contributed by atoms with van der Waals surface area (Å²) in [6, 6.07) is 13.7. The van der Waals surface area contributed by atoms with E-state index in [1.807, 2.05) is 61.0 Å². The normalized spacial score (nSPS) is 10.9. The first-order valence-corrected chi connectivity index (χ1v) is 8.93. The Morgan fingerprint density at radius 1 is 1.30 bits per heavy atom. The number of imidazole rings is 1. The first kappa shape index (κ1) is 16.1. The van der Waals surface area contributed by atoms with Gasteiger partial charge in [-0.1, -0.05) is 45.9 Å². The van der Waals surface area contributed by atoms with Gasteiger partial charge in [-0.15, -0.1) is 0 Å². The molecule has 1 amide bonds. The van der Waals surface area contributed by atoms with Crippen LogP contribution < -0.4 is 5.32 Å². The van der Waals surface area contributed by atoms with Crippen molar-refractivity contribution >= 4 is 50.3 Å². The lowest BCUT2D eigenvalue weighted by atomic mass is 10.2. The van der Waals surface area contributed by atoms with E-state index in [0.29, 0.717) is 5.75 Å². The fourth-order valence-electron chi connectivity index (χ4n) is 2.25. The molecule has 0 unspecified atom stereocenters. The van der Waals surface area contributed by atoms with Gasteiger partial charge in [-0.2, -0.15) is 0 Å². The molecule has 0 saturated heterocycles. The second kappa shape index (κ2) is 6.76. The summed E-state index contributed by atoms with van der Waals surface area (Å²) < 4.78 is 2.99. The van der Waals surface area contributed by atoms with E-state index in [-0.39, 0.29) is 5.91 Å². The number of carbonyl (C=O) groups is 1. The summed E-state index contributed by atoms with van der Waals surface area (Å²) in [5.41, 5.74) is 3.94. The van der Waals surface area contributed by atoms with Crippen molar-refractivity contribution in [2.24, 2.45) is 7.05 Å². The van der Waals surface area contributed by atoms with Crippen molar-refractivity contribution in [1.29, 1.82) is 0 Å². The molecule has 0 aliphatic rings. The number of carbonyl (C=O) groups excluding carboxylic acids is 1. The van der Waals surface area contributed by atoms with Crippen LogP contribution in [0.15, 0.2) is 52.1 Å². The number of nitrogens with one attached hydrogen (secondary N) is 1. The highest BCUT2D eigenvalue weighted by Gasteiger charge is 2.10. The number of halogens is 1. The SMILES string of the molecule is Cc1ccc(NC(=O)CSc2nc3ccccc3n2C)cc1Br. The molecule has 2 aromatic carbocycles. The van der Waals surface area contributed by atoms with Gasteiger partial charge in [-0.05, 0) is 36.8 Å². The van der Waals surface area contributed by atoms with E-state index >= 15 is 0 Å². The number of aromatic nitrogens is 2. The first-order chi connectivity index (χ1) is 11.0. The number of anilines is 1. The summed E-state index contributed by atoms with van der Waals surface area (Å²) in [5.74, 6) is 0.278. The monoisotopic (exact) mass is 389 g/mol. The summed E-state index contributed by atoms with van der Waals surface area (Å²) in [5, 5.41) is 3.75. The Hall–Kier alpha value is -1.79. The molecule has 1 N–H and O–H groups in total. The number of aryl methyl sites for hydroxylation is 2. The maximum Gasteiger partial charge on any atom is 0.234 e. The lowest BCUT2D eigenvalue weighted by molar-refractivity contribution is -0.113. The number of hydrogen-bond acceptors (Lipinski definition) is 3. The molecule has 4 nitrogen and oxygen atoms in total. The number of nitrogens with zero attached hydrogens (tertiary/aromatic N) is 2. The van der Waals surface area contributed by atoms with E-state index in [9.17, 15) is 4.79 Å². The predicted octanol–water partition coefficient (Wildman–Crippen LogP) is 4.38. The van der Waals surface area contributed by atoms with E-state index < -0.39 is 0 Å². The number of thioether (sulfide) groups is 1. The van der Waals surface area contributed by atoms with E-state index in [2.05, 4.69) is 26.2 Å². The van der Waals surface area contributed by atoms with Crippen molar-refractivity contribution in [2.45, 2.75) is 12.1 Å². The Kier molecular flexibility index (Phi) is 4.73. The van der Waals surface area contributed by atoms with Crippen LogP contribution in [0.5, 0.6) is 0 Å². The van der Waals surface area contributed by atoms with Crippen LogP contribution in [0.1, 0.15) is 5.56 Å². The summed E-state index contributed by atoms with van der Waals surface area (Å²) in [6.45, 7) is 2.01. The van der Waals surface area contributed by atoms with Crippen LogP contribution in [0.4, 0.5) is 5.69 Å². The molecule has 0 bridgehead atoms. The molecule has 6 heteroatoms. The van der Waals surface area contributed by atoms with Gasteiger partial charge in [0, 0.05) is 17.2 Å². The average molecular weight is 390 g/mol. The van der Waals surface area contributed by atoms with Crippen LogP contribution in [0.3, 0.4) is 0 Å². The largest absolute Gasteiger partial charge is 0.325 e. The van der Waals surface area contributed by atoms with Gasteiger partial charge >= 0.3 is 0 Å². The van der Waals surface area contributed by atoms with Crippen LogP contribution in [-0.2, 0) is 11.8 Å². The van der Waals surface area contributed by atoms with Gasteiger partial charge in [0.25, 0.3) is 0 Å². The quantitative estimate of drug-likeness (QED) is 0.673. The maximum absolute atomic E-state index is 12.1. The Bertz CT molecular complexity index is 875. The lowest BCUT2D eigenvalue weighted by Gasteiger charge is -2.07. The molecule has 3 rings (SSSR count). The smallest absolute Gasteiger partial charge is 0.234 e. The third kappa shape index (κ3) is 3.59.